The Hall–Kier alpha value is -4.52. The lowest BCUT2D eigenvalue weighted by Gasteiger charge is -2.09. The van der Waals surface area contributed by atoms with E-state index in [-0.39, 0.29) is 5.91 Å². The van der Waals surface area contributed by atoms with Crippen molar-refractivity contribution in [3.63, 3.8) is 0 Å². The molecule has 3 heterocycles. The summed E-state index contributed by atoms with van der Waals surface area (Å²) in [6.07, 6.45) is 5.45. The van der Waals surface area contributed by atoms with E-state index in [0.717, 1.165) is 39.5 Å². The summed E-state index contributed by atoms with van der Waals surface area (Å²) in [4.78, 5) is 17.2. The van der Waals surface area contributed by atoms with Crippen molar-refractivity contribution in [2.24, 2.45) is 0 Å². The van der Waals surface area contributed by atoms with Gasteiger partial charge in [-0.25, -0.2) is 4.68 Å². The van der Waals surface area contributed by atoms with E-state index in [4.69, 9.17) is 5.10 Å². The van der Waals surface area contributed by atoms with Gasteiger partial charge >= 0.3 is 0 Å². The summed E-state index contributed by atoms with van der Waals surface area (Å²) in [6, 6.07) is 23.5. The second kappa shape index (κ2) is 9.77. The highest BCUT2D eigenvalue weighted by Gasteiger charge is 2.14. The van der Waals surface area contributed by atoms with Gasteiger partial charge < -0.3 is 5.32 Å². The molecule has 0 radical (unpaired) electrons. The van der Waals surface area contributed by atoms with Crippen LogP contribution in [0.5, 0.6) is 0 Å². The highest BCUT2D eigenvalue weighted by Crippen LogP contribution is 2.23. The summed E-state index contributed by atoms with van der Waals surface area (Å²) in [5.74, 6) is -0.131. The monoisotopic (exact) mass is 462 g/mol. The molecule has 3 aromatic heterocycles. The Morgan fingerprint density at radius 1 is 0.914 bits per heavy atom. The maximum Gasteiger partial charge on any atom is 0.251 e. The average molecular weight is 463 g/mol. The number of amides is 1. The number of benzene rings is 2. The molecule has 174 valence electrons. The fraction of sp³-hybridized carbons (Fsp3) is 0.143. The second-order valence-corrected chi connectivity index (χ2v) is 8.49. The number of carbonyl (C=O) groups is 1. The number of carbonyl (C=O) groups excluding carboxylic acids is 1. The molecule has 0 aliphatic rings. The highest BCUT2D eigenvalue weighted by atomic mass is 16.1. The number of para-hydroxylation sites is 1. The van der Waals surface area contributed by atoms with Gasteiger partial charge in [-0.15, -0.1) is 0 Å². The molecule has 0 bridgehead atoms. The Morgan fingerprint density at radius 2 is 1.71 bits per heavy atom. The summed E-state index contributed by atoms with van der Waals surface area (Å²) >= 11 is 0. The molecule has 35 heavy (non-hydrogen) atoms. The van der Waals surface area contributed by atoms with Crippen molar-refractivity contribution in [1.82, 2.24) is 29.9 Å². The van der Waals surface area contributed by atoms with E-state index in [1.54, 1.807) is 12.4 Å². The summed E-state index contributed by atoms with van der Waals surface area (Å²) in [6.45, 7) is 4.99. The molecule has 0 aliphatic carbocycles. The molecule has 0 aliphatic heterocycles. The highest BCUT2D eigenvalue weighted by molar-refractivity contribution is 5.94. The number of pyridine rings is 1. The standard InChI is InChI=1S/C28H26N6O/c1-20-15-21(2)33(31-20)18-22-7-6-8-24(16-22)28(35)30-17-25-19-34(26-9-4-3-5-10-26)32-27(25)23-11-13-29-14-12-23/h3-16,19H,17-18H2,1-2H3,(H,30,35). The van der Waals surface area contributed by atoms with Gasteiger partial charge in [0, 0.05) is 47.5 Å². The van der Waals surface area contributed by atoms with Crippen molar-refractivity contribution in [2.75, 3.05) is 0 Å². The number of hydrogen-bond donors (Lipinski definition) is 1. The molecule has 0 spiro atoms. The lowest BCUT2D eigenvalue weighted by Crippen LogP contribution is -2.23. The smallest absolute Gasteiger partial charge is 0.251 e. The fourth-order valence-electron chi connectivity index (χ4n) is 4.10. The first-order valence-electron chi connectivity index (χ1n) is 11.5. The van der Waals surface area contributed by atoms with Gasteiger partial charge in [0.15, 0.2) is 0 Å². The first-order valence-corrected chi connectivity index (χ1v) is 11.5. The number of hydrogen-bond acceptors (Lipinski definition) is 4. The van der Waals surface area contributed by atoms with E-state index in [9.17, 15) is 4.79 Å². The lowest BCUT2D eigenvalue weighted by atomic mass is 10.1. The van der Waals surface area contributed by atoms with Gasteiger partial charge in [-0.05, 0) is 61.9 Å². The first-order chi connectivity index (χ1) is 17.1. The molecule has 0 saturated carbocycles. The molecule has 0 unspecified atom stereocenters. The Balaban J connectivity index is 1.36. The molecular weight excluding hydrogens is 436 g/mol. The van der Waals surface area contributed by atoms with Crippen molar-refractivity contribution < 1.29 is 4.79 Å². The zero-order valence-electron chi connectivity index (χ0n) is 19.7. The predicted octanol–water partition coefficient (Wildman–Crippen LogP) is 4.73. The van der Waals surface area contributed by atoms with Crippen LogP contribution in [-0.4, -0.2) is 30.5 Å². The number of nitrogens with zero attached hydrogens (tertiary/aromatic N) is 5. The van der Waals surface area contributed by atoms with Crippen molar-refractivity contribution in [3.05, 3.63) is 119 Å². The average Bonchev–Trinajstić information content (AvgIpc) is 3.46. The largest absolute Gasteiger partial charge is 0.348 e. The molecule has 0 atom stereocenters. The number of rotatable bonds is 7. The molecule has 7 nitrogen and oxygen atoms in total. The Kier molecular flexibility index (Phi) is 6.22. The van der Waals surface area contributed by atoms with E-state index in [2.05, 4.69) is 15.4 Å². The van der Waals surface area contributed by atoms with Crippen molar-refractivity contribution >= 4 is 5.91 Å². The van der Waals surface area contributed by atoms with Crippen LogP contribution in [0.3, 0.4) is 0 Å². The fourth-order valence-corrected chi connectivity index (χ4v) is 4.10. The van der Waals surface area contributed by atoms with Crippen molar-refractivity contribution in [2.45, 2.75) is 26.9 Å². The van der Waals surface area contributed by atoms with Crippen LogP contribution in [0.15, 0.2) is 91.4 Å². The SMILES string of the molecule is Cc1cc(C)n(Cc2cccc(C(=O)NCc3cn(-c4ccccc4)nc3-c3ccncc3)c2)n1. The van der Waals surface area contributed by atoms with Crippen LogP contribution in [0.4, 0.5) is 0 Å². The maximum absolute atomic E-state index is 13.0. The summed E-state index contributed by atoms with van der Waals surface area (Å²) in [7, 11) is 0. The normalized spacial score (nSPS) is 10.9. The predicted molar refractivity (Wildman–Crippen MR) is 135 cm³/mol. The van der Waals surface area contributed by atoms with Gasteiger partial charge in [-0.3, -0.25) is 14.5 Å². The Bertz CT molecular complexity index is 1450. The number of aryl methyl sites for hydroxylation is 2. The van der Waals surface area contributed by atoms with Crippen LogP contribution < -0.4 is 5.32 Å². The van der Waals surface area contributed by atoms with Gasteiger partial charge in [-0.2, -0.15) is 10.2 Å². The molecule has 1 N–H and O–H groups in total. The molecule has 5 rings (SSSR count). The van der Waals surface area contributed by atoms with Gasteiger partial charge in [-0.1, -0.05) is 30.3 Å². The van der Waals surface area contributed by atoms with Crippen molar-refractivity contribution in [1.29, 1.82) is 0 Å². The molecule has 0 saturated heterocycles. The number of aromatic nitrogens is 5. The molecule has 1 amide bonds. The maximum atomic E-state index is 13.0. The van der Waals surface area contributed by atoms with E-state index in [0.29, 0.717) is 18.7 Å². The van der Waals surface area contributed by atoms with Gasteiger partial charge in [0.25, 0.3) is 5.91 Å². The third-order valence-corrected chi connectivity index (χ3v) is 5.83. The second-order valence-electron chi connectivity index (χ2n) is 8.49. The van der Waals surface area contributed by atoms with Gasteiger partial charge in [0.1, 0.15) is 0 Å². The molecule has 0 fully saturated rings. The minimum absolute atomic E-state index is 0.131. The summed E-state index contributed by atoms with van der Waals surface area (Å²) in [5.41, 5.74) is 7.36. The van der Waals surface area contributed by atoms with Gasteiger partial charge in [0.05, 0.1) is 23.6 Å². The minimum atomic E-state index is -0.131. The minimum Gasteiger partial charge on any atom is -0.348 e. The third-order valence-electron chi connectivity index (χ3n) is 5.83. The molecular formula is C28H26N6O. The Morgan fingerprint density at radius 3 is 2.46 bits per heavy atom. The molecule has 5 aromatic rings. The quantitative estimate of drug-likeness (QED) is 0.379. The molecule has 7 heteroatoms. The zero-order valence-corrected chi connectivity index (χ0v) is 19.7. The third kappa shape index (κ3) is 5.04. The topological polar surface area (TPSA) is 77.6 Å². The van der Waals surface area contributed by atoms with Crippen LogP contribution in [0.2, 0.25) is 0 Å². The zero-order chi connectivity index (χ0) is 24.2. The van der Waals surface area contributed by atoms with Crippen LogP contribution >= 0.6 is 0 Å². The lowest BCUT2D eigenvalue weighted by molar-refractivity contribution is 0.0951. The first kappa shape index (κ1) is 22.3. The van der Waals surface area contributed by atoms with E-state index in [1.165, 1.54) is 0 Å². The van der Waals surface area contributed by atoms with Crippen LogP contribution in [0.1, 0.15) is 32.9 Å². The van der Waals surface area contributed by atoms with Crippen LogP contribution in [0.25, 0.3) is 16.9 Å². The Labute approximate surface area is 204 Å². The summed E-state index contributed by atoms with van der Waals surface area (Å²) in [5, 5.41) is 12.4. The van der Waals surface area contributed by atoms with Crippen LogP contribution in [-0.2, 0) is 13.1 Å². The summed E-state index contributed by atoms with van der Waals surface area (Å²) < 4.78 is 3.79. The van der Waals surface area contributed by atoms with Gasteiger partial charge in [0.2, 0.25) is 0 Å². The van der Waals surface area contributed by atoms with E-state index >= 15 is 0 Å². The van der Waals surface area contributed by atoms with E-state index < -0.39 is 0 Å². The number of nitrogens with one attached hydrogen (secondary N) is 1. The molecule has 2 aromatic carbocycles. The van der Waals surface area contributed by atoms with E-state index in [1.807, 2.05) is 102 Å². The van der Waals surface area contributed by atoms with Crippen LogP contribution in [0, 0.1) is 13.8 Å². The van der Waals surface area contributed by atoms with Crippen molar-refractivity contribution in [3.8, 4) is 16.9 Å².